The maximum atomic E-state index is 11.4. The average molecular weight is 369 g/mol. The summed E-state index contributed by atoms with van der Waals surface area (Å²) >= 11 is 1.59. The Morgan fingerprint density at radius 2 is 2.15 bits per heavy atom. The van der Waals surface area contributed by atoms with E-state index in [4.69, 9.17) is 15.5 Å². The quantitative estimate of drug-likeness (QED) is 0.749. The lowest BCUT2D eigenvalue weighted by Crippen LogP contribution is -2.17. The molecule has 0 radical (unpaired) electrons. The van der Waals surface area contributed by atoms with E-state index >= 15 is 0 Å². The number of rotatable bonds is 2. The summed E-state index contributed by atoms with van der Waals surface area (Å²) in [5.41, 5.74) is 8.44. The minimum atomic E-state index is -0.475. The van der Waals surface area contributed by atoms with Crippen LogP contribution in [0, 0.1) is 0 Å². The molecule has 134 valence electrons. The van der Waals surface area contributed by atoms with Crippen LogP contribution in [0.5, 0.6) is 5.75 Å². The van der Waals surface area contributed by atoms with Crippen molar-refractivity contribution in [2.75, 3.05) is 6.61 Å². The summed E-state index contributed by atoms with van der Waals surface area (Å²) in [5, 5.41) is 9.09. The van der Waals surface area contributed by atoms with Gasteiger partial charge in [-0.2, -0.15) is 4.68 Å². The van der Waals surface area contributed by atoms with Crippen LogP contribution in [0.1, 0.15) is 41.7 Å². The lowest BCUT2D eigenvalue weighted by Gasteiger charge is -2.17. The van der Waals surface area contributed by atoms with Crippen molar-refractivity contribution in [3.05, 3.63) is 40.5 Å². The van der Waals surface area contributed by atoms with E-state index in [0.717, 1.165) is 33.4 Å². The first-order valence-corrected chi connectivity index (χ1v) is 9.14. The Labute approximate surface area is 154 Å². The van der Waals surface area contributed by atoms with Crippen molar-refractivity contribution >= 4 is 17.2 Å². The van der Waals surface area contributed by atoms with Gasteiger partial charge < -0.3 is 10.5 Å². The second-order valence-electron chi connectivity index (χ2n) is 7.22. The minimum absolute atomic E-state index is 0.0933. The van der Waals surface area contributed by atoms with E-state index < -0.39 is 5.91 Å². The number of carbonyl (C=O) groups is 1. The summed E-state index contributed by atoms with van der Waals surface area (Å²) in [6.07, 6.45) is 2.52. The van der Waals surface area contributed by atoms with Gasteiger partial charge in [-0.25, -0.2) is 4.98 Å². The molecule has 3 heterocycles. The third-order valence-corrected chi connectivity index (χ3v) is 5.38. The predicted molar refractivity (Wildman–Crippen MR) is 98.9 cm³/mol. The van der Waals surface area contributed by atoms with Crippen molar-refractivity contribution in [3.63, 3.8) is 0 Å². The van der Waals surface area contributed by atoms with Crippen LogP contribution in [0.3, 0.4) is 0 Å². The van der Waals surface area contributed by atoms with Crippen molar-refractivity contribution in [2.45, 2.75) is 32.6 Å². The maximum absolute atomic E-state index is 11.4. The minimum Gasteiger partial charge on any atom is -0.492 e. The Morgan fingerprint density at radius 3 is 2.88 bits per heavy atom. The molecule has 8 heteroatoms. The number of benzene rings is 1. The SMILES string of the molecule is CC(C)(C)c1cnnn1-c1nc2c(s1)CCOc1cc(C(N)=O)ccc1-2. The number of nitrogens with zero attached hydrogens (tertiary/aromatic N) is 4. The summed E-state index contributed by atoms with van der Waals surface area (Å²) < 4.78 is 7.62. The monoisotopic (exact) mass is 369 g/mol. The molecule has 0 saturated heterocycles. The first-order chi connectivity index (χ1) is 12.3. The molecule has 0 aliphatic carbocycles. The zero-order valence-corrected chi connectivity index (χ0v) is 15.6. The van der Waals surface area contributed by atoms with Crippen LogP contribution in [0.2, 0.25) is 0 Å². The Hall–Kier alpha value is -2.74. The molecule has 1 amide bonds. The van der Waals surface area contributed by atoms with E-state index in [-0.39, 0.29) is 5.41 Å². The first-order valence-electron chi connectivity index (χ1n) is 8.33. The van der Waals surface area contributed by atoms with Gasteiger partial charge in [0, 0.05) is 27.8 Å². The highest BCUT2D eigenvalue weighted by molar-refractivity contribution is 7.14. The fourth-order valence-corrected chi connectivity index (χ4v) is 3.96. The second kappa shape index (κ2) is 5.91. The number of carbonyl (C=O) groups excluding carboxylic acids is 1. The molecule has 7 nitrogen and oxygen atoms in total. The highest BCUT2D eigenvalue weighted by atomic mass is 32.1. The van der Waals surface area contributed by atoms with Crippen molar-refractivity contribution in [1.82, 2.24) is 20.0 Å². The zero-order chi connectivity index (χ0) is 18.5. The van der Waals surface area contributed by atoms with Gasteiger partial charge in [-0.3, -0.25) is 4.79 Å². The molecule has 0 bridgehead atoms. The lowest BCUT2D eigenvalue weighted by molar-refractivity contribution is 0.1000. The van der Waals surface area contributed by atoms with Crippen LogP contribution in [0.15, 0.2) is 24.4 Å². The summed E-state index contributed by atoms with van der Waals surface area (Å²) in [5.74, 6) is 0.156. The average Bonchev–Trinajstić information content (AvgIpc) is 3.18. The molecular formula is C18H19N5O2S. The molecule has 0 saturated carbocycles. The van der Waals surface area contributed by atoms with Crippen molar-refractivity contribution in [2.24, 2.45) is 5.73 Å². The smallest absolute Gasteiger partial charge is 0.248 e. The van der Waals surface area contributed by atoms with Crippen LogP contribution in [0.4, 0.5) is 0 Å². The van der Waals surface area contributed by atoms with Crippen molar-refractivity contribution < 1.29 is 9.53 Å². The number of ether oxygens (including phenoxy) is 1. The Balaban J connectivity index is 1.84. The molecule has 1 aromatic carbocycles. The van der Waals surface area contributed by atoms with E-state index in [2.05, 4.69) is 31.1 Å². The third kappa shape index (κ3) is 2.76. The molecular weight excluding hydrogens is 350 g/mol. The van der Waals surface area contributed by atoms with Crippen LogP contribution in [-0.2, 0) is 11.8 Å². The predicted octanol–water partition coefficient (Wildman–Crippen LogP) is 2.72. The summed E-state index contributed by atoms with van der Waals surface area (Å²) in [6, 6.07) is 5.23. The number of thiazole rings is 1. The number of hydrogen-bond donors (Lipinski definition) is 1. The lowest BCUT2D eigenvalue weighted by atomic mass is 9.93. The van der Waals surface area contributed by atoms with Gasteiger partial charge in [0.1, 0.15) is 5.75 Å². The van der Waals surface area contributed by atoms with E-state index in [9.17, 15) is 4.79 Å². The molecule has 0 fully saturated rings. The third-order valence-electron chi connectivity index (χ3n) is 4.29. The molecule has 1 aliphatic rings. The largest absolute Gasteiger partial charge is 0.492 e. The number of fused-ring (bicyclic) bond motifs is 3. The molecule has 0 atom stereocenters. The van der Waals surface area contributed by atoms with E-state index in [1.165, 1.54) is 0 Å². The van der Waals surface area contributed by atoms with Crippen molar-refractivity contribution in [3.8, 4) is 22.1 Å². The number of primary amides is 1. The van der Waals surface area contributed by atoms with Crippen LogP contribution in [0.25, 0.3) is 16.4 Å². The maximum Gasteiger partial charge on any atom is 0.248 e. The highest BCUT2D eigenvalue weighted by Crippen LogP contribution is 2.39. The fourth-order valence-electron chi connectivity index (χ4n) is 2.94. The van der Waals surface area contributed by atoms with Crippen LogP contribution < -0.4 is 10.5 Å². The van der Waals surface area contributed by atoms with Gasteiger partial charge in [0.05, 0.1) is 24.2 Å². The number of aromatic nitrogens is 4. The van der Waals surface area contributed by atoms with Gasteiger partial charge in [-0.05, 0) is 18.2 Å². The van der Waals surface area contributed by atoms with Gasteiger partial charge >= 0.3 is 0 Å². The Morgan fingerprint density at radius 1 is 1.35 bits per heavy atom. The molecule has 3 aromatic rings. The van der Waals surface area contributed by atoms with Gasteiger partial charge in [0.15, 0.2) is 0 Å². The first kappa shape index (κ1) is 16.7. The van der Waals surface area contributed by atoms with Crippen molar-refractivity contribution in [1.29, 1.82) is 0 Å². The van der Waals surface area contributed by atoms with E-state index in [1.807, 2.05) is 6.07 Å². The summed E-state index contributed by atoms with van der Waals surface area (Å²) in [4.78, 5) is 17.4. The van der Waals surface area contributed by atoms with Crippen LogP contribution in [-0.4, -0.2) is 32.5 Å². The molecule has 4 rings (SSSR count). The van der Waals surface area contributed by atoms with Gasteiger partial charge in [-0.15, -0.1) is 5.10 Å². The molecule has 2 aromatic heterocycles. The van der Waals surface area contributed by atoms with Crippen LogP contribution >= 0.6 is 11.3 Å². The van der Waals surface area contributed by atoms with Gasteiger partial charge in [0.2, 0.25) is 11.0 Å². The molecule has 1 aliphatic heterocycles. The molecule has 26 heavy (non-hydrogen) atoms. The molecule has 0 unspecified atom stereocenters. The summed E-state index contributed by atoms with van der Waals surface area (Å²) in [6.45, 7) is 6.88. The highest BCUT2D eigenvalue weighted by Gasteiger charge is 2.26. The Bertz CT molecular complexity index is 999. The number of amides is 1. The van der Waals surface area contributed by atoms with E-state index in [0.29, 0.717) is 17.9 Å². The van der Waals surface area contributed by atoms with Gasteiger partial charge in [0.25, 0.3) is 0 Å². The molecule has 2 N–H and O–H groups in total. The standard InChI is InChI=1S/C18H19N5O2S/c1-18(2,3)14-9-20-22-23(14)17-21-15-11-5-4-10(16(19)24)8-12(11)25-7-6-13(15)26-17/h4-5,8-9H,6-7H2,1-3H3,(H2,19,24). The zero-order valence-electron chi connectivity index (χ0n) is 14.8. The van der Waals surface area contributed by atoms with Gasteiger partial charge in [-0.1, -0.05) is 37.3 Å². The number of nitrogens with two attached hydrogens (primary N) is 1. The Kier molecular flexibility index (Phi) is 3.80. The number of hydrogen-bond acceptors (Lipinski definition) is 6. The van der Waals surface area contributed by atoms with E-state index in [1.54, 1.807) is 34.3 Å². The molecule has 0 spiro atoms. The second-order valence-corrected chi connectivity index (χ2v) is 8.29. The normalized spacial score (nSPS) is 13.5. The summed E-state index contributed by atoms with van der Waals surface area (Å²) in [7, 11) is 0. The topological polar surface area (TPSA) is 95.9 Å². The fraction of sp³-hybridized carbons (Fsp3) is 0.333.